The van der Waals surface area contributed by atoms with Gasteiger partial charge in [-0.25, -0.2) is 4.98 Å². The Kier molecular flexibility index (Phi) is 4.71. The summed E-state index contributed by atoms with van der Waals surface area (Å²) in [6, 6.07) is 13.7. The standard InChI is InChI=1S/C21H23N3O3/c1-26-18-9-5-6-15(21(18)27-2)14-10-11-24(13-14)20(25)12-19-22-16-7-3-4-8-17(16)23-19/h3-9,14H,10-13H2,1-2H3,(H,22,23)/t14-/m1/s1. The van der Waals surface area contributed by atoms with Crippen LogP contribution in [0.3, 0.4) is 0 Å². The number of methoxy groups -OCH3 is 2. The van der Waals surface area contributed by atoms with Crippen LogP contribution in [0.15, 0.2) is 42.5 Å². The van der Waals surface area contributed by atoms with E-state index in [0.717, 1.165) is 41.1 Å². The molecule has 27 heavy (non-hydrogen) atoms. The molecular weight excluding hydrogens is 342 g/mol. The zero-order chi connectivity index (χ0) is 18.8. The van der Waals surface area contributed by atoms with Crippen LogP contribution in [0, 0.1) is 0 Å². The maximum atomic E-state index is 12.8. The third-order valence-electron chi connectivity index (χ3n) is 5.17. The van der Waals surface area contributed by atoms with Crippen LogP contribution in [-0.2, 0) is 11.2 Å². The second-order valence-corrected chi connectivity index (χ2v) is 6.79. The SMILES string of the molecule is COc1cccc([C@@H]2CCN(C(=O)Cc3nc4ccccc4[nH]3)C2)c1OC. The summed E-state index contributed by atoms with van der Waals surface area (Å²) in [5.74, 6) is 2.54. The van der Waals surface area contributed by atoms with Crippen LogP contribution in [-0.4, -0.2) is 48.1 Å². The van der Waals surface area contributed by atoms with Crippen LogP contribution in [0.5, 0.6) is 11.5 Å². The number of hydrogen-bond donors (Lipinski definition) is 1. The van der Waals surface area contributed by atoms with E-state index in [9.17, 15) is 4.79 Å². The number of H-pyrrole nitrogens is 1. The summed E-state index contributed by atoms with van der Waals surface area (Å²) in [7, 11) is 3.29. The number of fused-ring (bicyclic) bond motifs is 1. The van der Waals surface area contributed by atoms with Crippen LogP contribution >= 0.6 is 0 Å². The molecule has 1 fully saturated rings. The number of para-hydroxylation sites is 3. The summed E-state index contributed by atoms with van der Waals surface area (Å²) < 4.78 is 11.0. The van der Waals surface area contributed by atoms with Crippen LogP contribution in [0.25, 0.3) is 11.0 Å². The first-order chi connectivity index (χ1) is 13.2. The van der Waals surface area contributed by atoms with Crippen molar-refractivity contribution >= 4 is 16.9 Å². The molecule has 4 rings (SSSR count). The Morgan fingerprint density at radius 3 is 2.81 bits per heavy atom. The summed E-state index contributed by atoms with van der Waals surface area (Å²) in [6.45, 7) is 1.42. The fourth-order valence-corrected chi connectivity index (χ4v) is 3.82. The number of amides is 1. The number of benzene rings is 2. The Balaban J connectivity index is 1.47. The number of likely N-dealkylation sites (tertiary alicyclic amines) is 1. The molecule has 1 saturated heterocycles. The minimum atomic E-state index is 0.0958. The molecule has 3 aromatic rings. The van der Waals surface area contributed by atoms with Crippen molar-refractivity contribution in [1.82, 2.24) is 14.9 Å². The van der Waals surface area contributed by atoms with E-state index in [1.807, 2.05) is 41.3 Å². The molecule has 0 unspecified atom stereocenters. The van der Waals surface area contributed by atoms with Crippen molar-refractivity contribution in [3.05, 3.63) is 53.9 Å². The molecule has 2 heterocycles. The average molecular weight is 365 g/mol. The molecule has 0 aliphatic carbocycles. The third-order valence-corrected chi connectivity index (χ3v) is 5.17. The van der Waals surface area contributed by atoms with E-state index in [1.54, 1.807) is 14.2 Å². The van der Waals surface area contributed by atoms with E-state index >= 15 is 0 Å². The lowest BCUT2D eigenvalue weighted by molar-refractivity contribution is -0.129. The molecule has 2 aromatic carbocycles. The lowest BCUT2D eigenvalue weighted by atomic mass is 9.97. The molecule has 0 bridgehead atoms. The topological polar surface area (TPSA) is 67.5 Å². The summed E-state index contributed by atoms with van der Waals surface area (Å²) in [6.07, 6.45) is 1.20. The number of nitrogens with zero attached hydrogens (tertiary/aromatic N) is 2. The highest BCUT2D eigenvalue weighted by Gasteiger charge is 2.30. The van der Waals surface area contributed by atoms with Gasteiger partial charge in [-0.05, 0) is 24.6 Å². The van der Waals surface area contributed by atoms with Gasteiger partial charge in [0.15, 0.2) is 11.5 Å². The van der Waals surface area contributed by atoms with E-state index in [1.165, 1.54) is 0 Å². The van der Waals surface area contributed by atoms with Gasteiger partial charge in [-0.1, -0.05) is 24.3 Å². The molecule has 1 N–H and O–H groups in total. The predicted octanol–water partition coefficient (Wildman–Crippen LogP) is 3.14. The minimum absolute atomic E-state index is 0.0958. The van der Waals surface area contributed by atoms with Gasteiger partial charge < -0.3 is 19.4 Å². The first kappa shape index (κ1) is 17.4. The van der Waals surface area contributed by atoms with Crippen molar-refractivity contribution in [2.45, 2.75) is 18.8 Å². The first-order valence-electron chi connectivity index (χ1n) is 9.12. The highest BCUT2D eigenvalue weighted by Crippen LogP contribution is 2.39. The Bertz CT molecular complexity index is 933. The number of aromatic nitrogens is 2. The highest BCUT2D eigenvalue weighted by atomic mass is 16.5. The number of carbonyl (C=O) groups excluding carboxylic acids is 1. The molecule has 1 aromatic heterocycles. The third kappa shape index (κ3) is 3.35. The number of carbonyl (C=O) groups is 1. The molecule has 0 spiro atoms. The predicted molar refractivity (Wildman–Crippen MR) is 103 cm³/mol. The lowest BCUT2D eigenvalue weighted by Crippen LogP contribution is -2.30. The lowest BCUT2D eigenvalue weighted by Gasteiger charge is -2.18. The van der Waals surface area contributed by atoms with Gasteiger partial charge >= 0.3 is 0 Å². The van der Waals surface area contributed by atoms with Crippen molar-refractivity contribution in [3.63, 3.8) is 0 Å². The Hall–Kier alpha value is -3.02. The molecule has 1 amide bonds. The number of ether oxygens (including phenoxy) is 2. The minimum Gasteiger partial charge on any atom is -0.493 e. The Morgan fingerprint density at radius 2 is 2.04 bits per heavy atom. The summed E-state index contributed by atoms with van der Waals surface area (Å²) >= 11 is 0. The maximum Gasteiger partial charge on any atom is 0.230 e. The molecule has 1 aliphatic heterocycles. The van der Waals surface area contributed by atoms with Crippen molar-refractivity contribution < 1.29 is 14.3 Å². The fourth-order valence-electron chi connectivity index (χ4n) is 3.82. The average Bonchev–Trinajstić information content (AvgIpc) is 3.33. The normalized spacial score (nSPS) is 16.7. The largest absolute Gasteiger partial charge is 0.493 e. The number of aromatic amines is 1. The van der Waals surface area contributed by atoms with Gasteiger partial charge in [0.2, 0.25) is 5.91 Å². The zero-order valence-corrected chi connectivity index (χ0v) is 15.6. The molecule has 1 atom stereocenters. The van der Waals surface area contributed by atoms with Crippen LogP contribution in [0.1, 0.15) is 23.7 Å². The quantitative estimate of drug-likeness (QED) is 0.754. The van der Waals surface area contributed by atoms with Crippen molar-refractivity contribution in [2.75, 3.05) is 27.3 Å². The molecule has 0 radical (unpaired) electrons. The number of hydrogen-bond acceptors (Lipinski definition) is 4. The van der Waals surface area contributed by atoms with E-state index in [4.69, 9.17) is 9.47 Å². The summed E-state index contributed by atoms with van der Waals surface area (Å²) in [5, 5.41) is 0. The maximum absolute atomic E-state index is 12.8. The molecule has 6 nitrogen and oxygen atoms in total. The molecular formula is C21H23N3O3. The molecule has 6 heteroatoms. The van der Waals surface area contributed by atoms with Gasteiger partial charge in [0.25, 0.3) is 0 Å². The van der Waals surface area contributed by atoms with E-state index in [2.05, 4.69) is 16.0 Å². The van der Waals surface area contributed by atoms with Crippen molar-refractivity contribution in [3.8, 4) is 11.5 Å². The fraction of sp³-hybridized carbons (Fsp3) is 0.333. The number of imidazole rings is 1. The first-order valence-corrected chi connectivity index (χ1v) is 9.12. The van der Waals surface area contributed by atoms with E-state index < -0.39 is 0 Å². The van der Waals surface area contributed by atoms with Gasteiger partial charge in [0.05, 0.1) is 31.7 Å². The second-order valence-electron chi connectivity index (χ2n) is 6.79. The number of rotatable bonds is 5. The van der Waals surface area contributed by atoms with Crippen molar-refractivity contribution in [2.24, 2.45) is 0 Å². The van der Waals surface area contributed by atoms with Crippen LogP contribution in [0.4, 0.5) is 0 Å². The Labute approximate surface area is 158 Å². The van der Waals surface area contributed by atoms with Crippen molar-refractivity contribution in [1.29, 1.82) is 0 Å². The summed E-state index contributed by atoms with van der Waals surface area (Å²) in [4.78, 5) is 22.4. The monoisotopic (exact) mass is 365 g/mol. The number of nitrogens with one attached hydrogen (secondary N) is 1. The van der Waals surface area contributed by atoms with E-state index in [-0.39, 0.29) is 18.2 Å². The Morgan fingerprint density at radius 1 is 1.19 bits per heavy atom. The zero-order valence-electron chi connectivity index (χ0n) is 15.6. The van der Waals surface area contributed by atoms with Gasteiger partial charge in [0, 0.05) is 24.6 Å². The van der Waals surface area contributed by atoms with E-state index in [0.29, 0.717) is 12.4 Å². The second kappa shape index (κ2) is 7.31. The summed E-state index contributed by atoms with van der Waals surface area (Å²) in [5.41, 5.74) is 2.94. The molecule has 0 saturated carbocycles. The van der Waals surface area contributed by atoms with Crippen LogP contribution < -0.4 is 9.47 Å². The molecule has 140 valence electrons. The van der Waals surface area contributed by atoms with Gasteiger partial charge in [-0.3, -0.25) is 4.79 Å². The highest BCUT2D eigenvalue weighted by molar-refractivity contribution is 5.81. The van der Waals surface area contributed by atoms with Gasteiger partial charge in [0.1, 0.15) is 5.82 Å². The van der Waals surface area contributed by atoms with Gasteiger partial charge in [-0.2, -0.15) is 0 Å². The van der Waals surface area contributed by atoms with Gasteiger partial charge in [-0.15, -0.1) is 0 Å². The molecule has 1 aliphatic rings. The smallest absolute Gasteiger partial charge is 0.230 e. The van der Waals surface area contributed by atoms with Crippen LogP contribution in [0.2, 0.25) is 0 Å².